The van der Waals surface area contributed by atoms with E-state index in [0.717, 1.165) is 6.54 Å². The summed E-state index contributed by atoms with van der Waals surface area (Å²) in [6.45, 7) is 0.887. The van der Waals surface area contributed by atoms with Gasteiger partial charge in [0.25, 0.3) is 0 Å². The van der Waals surface area contributed by atoms with Crippen LogP contribution in [0, 0.1) is 0 Å². The molecule has 1 aliphatic rings. The Bertz CT molecular complexity index is 342. The summed E-state index contributed by atoms with van der Waals surface area (Å²) in [5.41, 5.74) is 0. The van der Waals surface area contributed by atoms with Crippen LogP contribution in [0.1, 0.15) is 12.8 Å². The zero-order valence-electron chi connectivity index (χ0n) is 8.04. The Labute approximate surface area is 103 Å². The Balaban J connectivity index is 1.94. The van der Waals surface area contributed by atoms with E-state index < -0.39 is 0 Å². The van der Waals surface area contributed by atoms with Crippen LogP contribution >= 0.6 is 35.0 Å². The van der Waals surface area contributed by atoms with Crippen LogP contribution in [-0.4, -0.2) is 27.5 Å². The average molecular weight is 264 g/mol. The second-order valence-corrected chi connectivity index (χ2v) is 5.51. The van der Waals surface area contributed by atoms with E-state index in [1.54, 1.807) is 0 Å². The number of hydrogen-bond donors (Lipinski definition) is 1. The molecule has 0 spiro atoms. The molecule has 1 N–H and O–H groups in total. The largest absolute Gasteiger partial charge is 0.368 e. The van der Waals surface area contributed by atoms with Crippen molar-refractivity contribution in [1.82, 2.24) is 9.97 Å². The molecule has 15 heavy (non-hydrogen) atoms. The topological polar surface area (TPSA) is 37.8 Å². The van der Waals surface area contributed by atoms with Crippen molar-refractivity contribution in [1.29, 1.82) is 0 Å². The molecule has 6 heteroatoms. The summed E-state index contributed by atoms with van der Waals surface area (Å²) < 4.78 is 0. The lowest BCUT2D eigenvalue weighted by atomic mass is 10.2. The van der Waals surface area contributed by atoms with Gasteiger partial charge in [-0.25, -0.2) is 4.98 Å². The molecule has 1 fully saturated rings. The van der Waals surface area contributed by atoms with Crippen molar-refractivity contribution < 1.29 is 0 Å². The zero-order valence-corrected chi connectivity index (χ0v) is 10.4. The molecule has 0 aromatic carbocycles. The fourth-order valence-corrected chi connectivity index (χ4v) is 2.98. The molecule has 0 amide bonds. The van der Waals surface area contributed by atoms with Gasteiger partial charge in [0.15, 0.2) is 0 Å². The van der Waals surface area contributed by atoms with Crippen molar-refractivity contribution in [3.63, 3.8) is 0 Å². The molecule has 1 unspecified atom stereocenters. The van der Waals surface area contributed by atoms with Gasteiger partial charge in [0.2, 0.25) is 5.28 Å². The lowest BCUT2D eigenvalue weighted by Gasteiger charge is -2.11. The first kappa shape index (κ1) is 11.3. The first-order valence-electron chi connectivity index (χ1n) is 4.79. The summed E-state index contributed by atoms with van der Waals surface area (Å²) >= 11 is 13.6. The van der Waals surface area contributed by atoms with Crippen LogP contribution < -0.4 is 5.32 Å². The highest BCUT2D eigenvalue weighted by atomic mass is 35.5. The molecule has 0 saturated carbocycles. The number of nitrogens with zero attached hydrogens (tertiary/aromatic N) is 2. The number of nitrogens with one attached hydrogen (secondary N) is 1. The third-order valence-corrected chi connectivity index (χ3v) is 4.09. The van der Waals surface area contributed by atoms with Crippen LogP contribution in [0.25, 0.3) is 0 Å². The Hall–Kier alpha value is -0.190. The number of rotatable bonds is 3. The molecule has 3 nitrogen and oxygen atoms in total. The molecular weight excluding hydrogens is 253 g/mol. The molecule has 0 aliphatic carbocycles. The normalized spacial score (nSPS) is 20.5. The summed E-state index contributed by atoms with van der Waals surface area (Å²) in [5, 5.41) is 4.61. The molecule has 0 radical (unpaired) electrons. The number of thioether (sulfide) groups is 1. The van der Waals surface area contributed by atoms with Gasteiger partial charge in [0.1, 0.15) is 10.8 Å². The Kier molecular flexibility index (Phi) is 3.94. The molecule has 0 bridgehead atoms. The average Bonchev–Trinajstić information content (AvgIpc) is 2.72. The van der Waals surface area contributed by atoms with E-state index in [1.807, 2.05) is 11.8 Å². The lowest BCUT2D eigenvalue weighted by molar-refractivity contribution is 0.803. The SMILES string of the molecule is Clc1ncc(Cl)c(NCC2CCCS2)n1. The number of hydrogen-bond acceptors (Lipinski definition) is 4. The van der Waals surface area contributed by atoms with Gasteiger partial charge in [-0.15, -0.1) is 0 Å². The summed E-state index contributed by atoms with van der Waals surface area (Å²) in [6.07, 6.45) is 4.07. The molecule has 1 saturated heterocycles. The molecule has 2 rings (SSSR count). The van der Waals surface area contributed by atoms with Gasteiger partial charge in [-0.1, -0.05) is 11.6 Å². The minimum Gasteiger partial charge on any atom is -0.368 e. The van der Waals surface area contributed by atoms with Gasteiger partial charge in [-0.3, -0.25) is 0 Å². The van der Waals surface area contributed by atoms with Crippen molar-refractivity contribution in [2.75, 3.05) is 17.6 Å². The van der Waals surface area contributed by atoms with Crippen LogP contribution in [0.2, 0.25) is 10.3 Å². The van der Waals surface area contributed by atoms with Crippen molar-refractivity contribution in [3.05, 3.63) is 16.5 Å². The van der Waals surface area contributed by atoms with Gasteiger partial charge in [-0.05, 0) is 30.2 Å². The van der Waals surface area contributed by atoms with Crippen LogP contribution in [0.4, 0.5) is 5.82 Å². The molecule has 1 aromatic rings. The van der Waals surface area contributed by atoms with Gasteiger partial charge in [0.05, 0.1) is 6.20 Å². The monoisotopic (exact) mass is 263 g/mol. The third-order valence-electron chi connectivity index (χ3n) is 2.24. The lowest BCUT2D eigenvalue weighted by Crippen LogP contribution is -2.14. The summed E-state index contributed by atoms with van der Waals surface area (Å²) in [7, 11) is 0. The minimum absolute atomic E-state index is 0.223. The van der Waals surface area contributed by atoms with Crippen LogP contribution in [0.5, 0.6) is 0 Å². The molecule has 1 aromatic heterocycles. The second-order valence-electron chi connectivity index (χ2n) is 3.35. The Morgan fingerprint density at radius 2 is 2.40 bits per heavy atom. The standard InChI is InChI=1S/C9H11Cl2N3S/c10-7-5-13-9(11)14-8(7)12-4-6-2-1-3-15-6/h5-6H,1-4H2,(H,12,13,14). The maximum atomic E-state index is 5.93. The first-order valence-corrected chi connectivity index (χ1v) is 6.59. The number of anilines is 1. The predicted octanol–water partition coefficient (Wildman–Crippen LogP) is 3.09. The smallest absolute Gasteiger partial charge is 0.224 e. The van der Waals surface area contributed by atoms with Gasteiger partial charge in [-0.2, -0.15) is 16.7 Å². The van der Waals surface area contributed by atoms with Crippen molar-refractivity contribution in [2.45, 2.75) is 18.1 Å². The highest BCUT2D eigenvalue weighted by Gasteiger charge is 2.15. The predicted molar refractivity (Wildman–Crippen MR) is 66.0 cm³/mol. The van der Waals surface area contributed by atoms with Crippen LogP contribution in [-0.2, 0) is 0 Å². The number of aromatic nitrogens is 2. The Morgan fingerprint density at radius 1 is 1.53 bits per heavy atom. The summed E-state index contributed by atoms with van der Waals surface area (Å²) in [6, 6.07) is 0. The maximum absolute atomic E-state index is 5.93. The highest BCUT2D eigenvalue weighted by Crippen LogP contribution is 2.27. The fraction of sp³-hybridized carbons (Fsp3) is 0.556. The zero-order chi connectivity index (χ0) is 10.7. The van der Waals surface area contributed by atoms with E-state index in [1.165, 1.54) is 24.8 Å². The molecule has 82 valence electrons. The van der Waals surface area contributed by atoms with E-state index in [2.05, 4.69) is 15.3 Å². The van der Waals surface area contributed by atoms with Gasteiger partial charge in [0, 0.05) is 11.8 Å². The minimum atomic E-state index is 0.223. The quantitative estimate of drug-likeness (QED) is 0.851. The fourth-order valence-electron chi connectivity index (χ4n) is 1.49. The Morgan fingerprint density at radius 3 is 3.13 bits per heavy atom. The molecule has 1 aliphatic heterocycles. The van der Waals surface area contributed by atoms with Crippen molar-refractivity contribution in [3.8, 4) is 0 Å². The first-order chi connectivity index (χ1) is 7.25. The van der Waals surface area contributed by atoms with Gasteiger partial charge < -0.3 is 5.32 Å². The summed E-state index contributed by atoms with van der Waals surface area (Å²) in [5.74, 6) is 1.88. The van der Waals surface area contributed by atoms with E-state index >= 15 is 0 Å². The van der Waals surface area contributed by atoms with Crippen LogP contribution in [0.3, 0.4) is 0 Å². The van der Waals surface area contributed by atoms with E-state index in [-0.39, 0.29) is 5.28 Å². The van der Waals surface area contributed by atoms with Crippen molar-refractivity contribution in [2.24, 2.45) is 0 Å². The third kappa shape index (κ3) is 3.13. The molecular formula is C9H11Cl2N3S. The van der Waals surface area contributed by atoms with E-state index in [4.69, 9.17) is 23.2 Å². The maximum Gasteiger partial charge on any atom is 0.224 e. The van der Waals surface area contributed by atoms with Crippen molar-refractivity contribution >= 4 is 40.8 Å². The van der Waals surface area contributed by atoms with Gasteiger partial charge >= 0.3 is 0 Å². The van der Waals surface area contributed by atoms with E-state index in [0.29, 0.717) is 16.1 Å². The van der Waals surface area contributed by atoms with Crippen LogP contribution in [0.15, 0.2) is 6.20 Å². The number of halogens is 2. The summed E-state index contributed by atoms with van der Waals surface area (Å²) in [4.78, 5) is 7.83. The molecule has 2 heterocycles. The highest BCUT2D eigenvalue weighted by molar-refractivity contribution is 8.00. The second kappa shape index (κ2) is 5.23. The molecule has 1 atom stereocenters. The van der Waals surface area contributed by atoms with E-state index in [9.17, 15) is 0 Å².